The van der Waals surface area contributed by atoms with Gasteiger partial charge in [0.25, 0.3) is 0 Å². The first-order valence-electron chi connectivity index (χ1n) is 11.4. The van der Waals surface area contributed by atoms with Gasteiger partial charge in [-0.25, -0.2) is 19.4 Å². The third kappa shape index (κ3) is 7.98. The van der Waals surface area contributed by atoms with Crippen molar-refractivity contribution >= 4 is 6.09 Å². The van der Waals surface area contributed by atoms with E-state index in [-0.39, 0.29) is 0 Å². The van der Waals surface area contributed by atoms with Gasteiger partial charge in [0, 0.05) is 19.8 Å². The van der Waals surface area contributed by atoms with E-state index in [1.54, 1.807) is 28.9 Å². The molecule has 0 aliphatic heterocycles. The van der Waals surface area contributed by atoms with Crippen LogP contribution in [0, 0.1) is 5.92 Å². The molecule has 0 radical (unpaired) electrons. The highest BCUT2D eigenvalue weighted by atomic mass is 16.6. The van der Waals surface area contributed by atoms with Gasteiger partial charge in [-0.05, 0) is 55.6 Å². The lowest BCUT2D eigenvalue weighted by Gasteiger charge is -2.21. The Kier molecular flexibility index (Phi) is 8.68. The third-order valence-corrected chi connectivity index (χ3v) is 4.96. The molecular formula is C22H34N10O3. The Morgan fingerprint density at radius 3 is 2.57 bits per heavy atom. The molecule has 3 heterocycles. The molecule has 2 unspecified atom stereocenters. The topological polar surface area (TPSA) is 147 Å². The van der Waals surface area contributed by atoms with Crippen LogP contribution in [0.15, 0.2) is 24.8 Å². The van der Waals surface area contributed by atoms with Crippen LogP contribution in [0.2, 0.25) is 0 Å². The van der Waals surface area contributed by atoms with Gasteiger partial charge in [-0.3, -0.25) is 4.68 Å². The monoisotopic (exact) mass is 486 g/mol. The number of carbonyl (C=O) groups excluding carboxylic acids is 1. The lowest BCUT2D eigenvalue weighted by molar-refractivity contribution is 0.0525. The maximum absolute atomic E-state index is 12.0. The smallest absolute Gasteiger partial charge is 0.407 e. The zero-order chi connectivity index (χ0) is 25.4. The molecule has 0 saturated carbocycles. The van der Waals surface area contributed by atoms with Crippen LogP contribution >= 0.6 is 0 Å². The number of nitrogens with zero attached hydrogens (tertiary/aromatic N) is 8. The minimum absolute atomic E-state index is 0.292. The Morgan fingerprint density at radius 1 is 1.20 bits per heavy atom. The molecule has 0 spiro atoms. The number of carbonyl (C=O) groups is 1. The summed E-state index contributed by atoms with van der Waals surface area (Å²) in [7, 11) is 3.47. The summed E-state index contributed by atoms with van der Waals surface area (Å²) < 4.78 is 13.9. The number of aryl methyl sites for hydroxylation is 1. The van der Waals surface area contributed by atoms with E-state index >= 15 is 0 Å². The summed E-state index contributed by atoms with van der Waals surface area (Å²) >= 11 is 0. The normalized spacial score (nSPS) is 13.3. The number of methoxy groups -OCH3 is 1. The van der Waals surface area contributed by atoms with Gasteiger partial charge in [0.2, 0.25) is 0 Å². The van der Waals surface area contributed by atoms with Crippen LogP contribution in [0.1, 0.15) is 50.9 Å². The Morgan fingerprint density at radius 2 is 1.94 bits per heavy atom. The van der Waals surface area contributed by atoms with Crippen molar-refractivity contribution < 1.29 is 14.3 Å². The molecular weight excluding hydrogens is 452 g/mol. The first-order valence-corrected chi connectivity index (χ1v) is 11.4. The number of nitrogens with one attached hydrogen (secondary N) is 2. The molecule has 3 rings (SSSR count). The molecule has 0 aliphatic carbocycles. The first-order chi connectivity index (χ1) is 16.6. The highest BCUT2D eigenvalue weighted by Crippen LogP contribution is 2.19. The van der Waals surface area contributed by atoms with Gasteiger partial charge in [0.15, 0.2) is 17.4 Å². The summed E-state index contributed by atoms with van der Waals surface area (Å²) in [6.07, 6.45) is 7.46. The Balaban J connectivity index is 1.70. The van der Waals surface area contributed by atoms with Gasteiger partial charge in [0.05, 0.1) is 32.2 Å². The van der Waals surface area contributed by atoms with Crippen molar-refractivity contribution in [3.63, 3.8) is 0 Å². The lowest BCUT2D eigenvalue weighted by Crippen LogP contribution is -2.35. The van der Waals surface area contributed by atoms with Crippen molar-refractivity contribution in [1.82, 2.24) is 50.6 Å². The highest BCUT2D eigenvalue weighted by molar-refractivity contribution is 5.67. The van der Waals surface area contributed by atoms with Crippen molar-refractivity contribution in [2.75, 3.05) is 20.2 Å². The second-order valence-electron chi connectivity index (χ2n) is 9.34. The fourth-order valence-corrected chi connectivity index (χ4v) is 3.41. The van der Waals surface area contributed by atoms with Crippen LogP contribution < -0.4 is 15.4 Å². The largest absolute Gasteiger partial charge is 0.494 e. The molecule has 2 atom stereocenters. The van der Waals surface area contributed by atoms with Gasteiger partial charge >= 0.3 is 6.09 Å². The van der Waals surface area contributed by atoms with Gasteiger partial charge in [-0.15, -0.1) is 5.10 Å². The van der Waals surface area contributed by atoms with Crippen LogP contribution in [0.3, 0.4) is 0 Å². The molecule has 0 aromatic carbocycles. The molecule has 0 aliphatic rings. The van der Waals surface area contributed by atoms with Gasteiger partial charge in [-0.1, -0.05) is 6.92 Å². The molecule has 1 amide bonds. The maximum Gasteiger partial charge on any atom is 0.407 e. The maximum atomic E-state index is 12.0. The Bertz CT molecular complexity index is 1070. The number of alkyl carbamates (subject to hydrolysis) is 1. The van der Waals surface area contributed by atoms with Crippen molar-refractivity contribution in [2.45, 2.75) is 52.3 Å². The summed E-state index contributed by atoms with van der Waals surface area (Å²) in [6.45, 7) is 8.89. The molecule has 35 heavy (non-hydrogen) atoms. The quantitative estimate of drug-likeness (QED) is 0.406. The summed E-state index contributed by atoms with van der Waals surface area (Å²) in [5.74, 6) is 1.90. The van der Waals surface area contributed by atoms with Crippen molar-refractivity contribution in [2.24, 2.45) is 13.0 Å². The van der Waals surface area contributed by atoms with Crippen LogP contribution in [0.4, 0.5) is 4.79 Å². The summed E-state index contributed by atoms with van der Waals surface area (Å²) in [4.78, 5) is 20.9. The average Bonchev–Trinajstić information content (AvgIpc) is 3.42. The fraction of sp³-hybridized carbons (Fsp3) is 0.591. The van der Waals surface area contributed by atoms with Crippen molar-refractivity contribution in [3.05, 3.63) is 42.0 Å². The number of ether oxygens (including phenoxy) is 2. The zero-order valence-electron chi connectivity index (χ0n) is 21.1. The average molecular weight is 487 g/mol. The molecule has 0 fully saturated rings. The van der Waals surface area contributed by atoms with Crippen molar-refractivity contribution in [3.8, 4) is 5.75 Å². The van der Waals surface area contributed by atoms with Crippen LogP contribution in [-0.4, -0.2) is 71.8 Å². The minimum atomic E-state index is -0.572. The number of hydrogen-bond donors (Lipinski definition) is 2. The van der Waals surface area contributed by atoms with E-state index in [0.29, 0.717) is 43.0 Å². The minimum Gasteiger partial charge on any atom is -0.494 e. The number of aromatic nitrogens is 8. The molecule has 13 heteroatoms. The van der Waals surface area contributed by atoms with Crippen LogP contribution in [-0.2, 0) is 24.8 Å². The summed E-state index contributed by atoms with van der Waals surface area (Å²) in [6, 6.07) is -0.464. The van der Waals surface area contributed by atoms with Gasteiger partial charge < -0.3 is 20.1 Å². The van der Waals surface area contributed by atoms with E-state index < -0.39 is 17.7 Å². The molecule has 2 N–H and O–H groups in total. The molecule has 13 nitrogen and oxygen atoms in total. The number of tetrazole rings is 1. The van der Waals surface area contributed by atoms with Crippen LogP contribution in [0.5, 0.6) is 5.75 Å². The Hall–Kier alpha value is -3.61. The molecule has 0 bridgehead atoms. The number of rotatable bonds is 11. The van der Waals surface area contributed by atoms with E-state index in [9.17, 15) is 4.79 Å². The fourth-order valence-electron chi connectivity index (χ4n) is 3.41. The second-order valence-corrected chi connectivity index (χ2v) is 9.34. The standard InChI is InChI=1S/C22H34N10O3/c1-15(9-16-11-27-31(5)14-16)10-24-18(19-25-12-17(34-6)13-26-19)20-28-29-30-32(20)8-7-23-21(33)35-22(2,3)4/h11-15,18,24H,7-10H2,1-6H3,(H,23,33). The Labute approximate surface area is 204 Å². The molecule has 190 valence electrons. The molecule has 3 aromatic rings. The van der Waals surface area contributed by atoms with E-state index in [1.165, 1.54) is 0 Å². The number of amides is 1. The SMILES string of the molecule is COc1cnc(C(NCC(C)Cc2cnn(C)c2)c2nnnn2CCNC(=O)OC(C)(C)C)nc1. The van der Waals surface area contributed by atoms with Gasteiger partial charge in [-0.2, -0.15) is 5.10 Å². The predicted molar refractivity (Wildman–Crippen MR) is 127 cm³/mol. The highest BCUT2D eigenvalue weighted by Gasteiger charge is 2.25. The molecule has 3 aromatic heterocycles. The lowest BCUT2D eigenvalue weighted by atomic mass is 10.0. The number of hydrogen-bond acceptors (Lipinski definition) is 10. The third-order valence-electron chi connectivity index (χ3n) is 4.96. The second kappa shape index (κ2) is 11.7. The molecule has 0 saturated heterocycles. The van der Waals surface area contributed by atoms with Gasteiger partial charge in [0.1, 0.15) is 11.6 Å². The first kappa shape index (κ1) is 26.0. The summed E-state index contributed by atoms with van der Waals surface area (Å²) in [5, 5.41) is 22.6. The van der Waals surface area contributed by atoms with E-state index in [2.05, 4.69) is 48.1 Å². The van der Waals surface area contributed by atoms with Crippen molar-refractivity contribution in [1.29, 1.82) is 0 Å². The van der Waals surface area contributed by atoms with Crippen LogP contribution in [0.25, 0.3) is 0 Å². The summed E-state index contributed by atoms with van der Waals surface area (Å²) in [5.41, 5.74) is 0.592. The zero-order valence-corrected chi connectivity index (χ0v) is 21.1. The van der Waals surface area contributed by atoms with E-state index in [1.807, 2.05) is 40.2 Å². The van der Waals surface area contributed by atoms with E-state index in [4.69, 9.17) is 9.47 Å². The predicted octanol–water partition coefficient (Wildman–Crippen LogP) is 1.29. The van der Waals surface area contributed by atoms with E-state index in [0.717, 1.165) is 12.0 Å².